The van der Waals surface area contributed by atoms with E-state index in [1.54, 1.807) is 0 Å². The number of nitrogens with two attached hydrogens (primary N) is 1. The van der Waals surface area contributed by atoms with Crippen LogP contribution < -0.4 is 10.0 Å². The molecule has 2 fully saturated rings. The van der Waals surface area contributed by atoms with Crippen LogP contribution >= 0.6 is 12.1 Å². The van der Waals surface area contributed by atoms with Gasteiger partial charge in [-0.1, -0.05) is 0 Å². The van der Waals surface area contributed by atoms with Crippen molar-refractivity contribution in [3.63, 3.8) is 0 Å². The summed E-state index contributed by atoms with van der Waals surface area (Å²) in [5.74, 6) is 0.115. The monoisotopic (exact) mass is 406 g/mol. The summed E-state index contributed by atoms with van der Waals surface area (Å²) >= 11 is 0.722. The van der Waals surface area contributed by atoms with E-state index in [-0.39, 0.29) is 11.5 Å². The van der Waals surface area contributed by atoms with Crippen LogP contribution in [0.4, 0.5) is 23.4 Å². The summed E-state index contributed by atoms with van der Waals surface area (Å²) in [5, 5.41) is 18.7. The normalized spacial score (nSPS) is 20.9. The molecule has 1 unspecified atom stereocenters. The smallest absolute Gasteiger partial charge is 0.382 e. The molecule has 4 rings (SSSR count). The van der Waals surface area contributed by atoms with E-state index < -0.39 is 24.6 Å². The van der Waals surface area contributed by atoms with E-state index in [0.717, 1.165) is 12.1 Å². The SMILES string of the molecule is NSN(CC(O)C(F)(F)F)C1CC2(C1)CN(c1ncnn3ccc(F)c13)C2. The number of fused-ring (bicyclic) bond motifs is 1. The number of aliphatic hydroxyl groups is 1. The number of aliphatic hydroxyl groups excluding tert-OH is 1. The average Bonchev–Trinajstić information content (AvgIpc) is 2.92. The van der Waals surface area contributed by atoms with Crippen molar-refractivity contribution in [3.8, 4) is 0 Å². The van der Waals surface area contributed by atoms with Gasteiger partial charge in [-0.05, 0) is 18.9 Å². The van der Waals surface area contributed by atoms with Gasteiger partial charge in [-0.25, -0.2) is 18.2 Å². The molecule has 2 aromatic rings. The number of nitrogens with zero attached hydrogens (tertiary/aromatic N) is 5. The van der Waals surface area contributed by atoms with Crippen molar-refractivity contribution in [2.75, 3.05) is 24.5 Å². The van der Waals surface area contributed by atoms with Crippen LogP contribution in [0.5, 0.6) is 0 Å². The molecule has 0 aromatic carbocycles. The molecule has 1 aliphatic heterocycles. The summed E-state index contributed by atoms with van der Waals surface area (Å²) in [6.45, 7) is 0.731. The maximum absolute atomic E-state index is 14.0. The Hall–Kier alpha value is -1.63. The topological polar surface area (TPSA) is 82.9 Å². The van der Waals surface area contributed by atoms with Crippen molar-refractivity contribution in [1.82, 2.24) is 18.9 Å². The van der Waals surface area contributed by atoms with Crippen molar-refractivity contribution in [2.45, 2.75) is 31.2 Å². The molecule has 2 aliphatic rings. The molecular weight excluding hydrogens is 388 g/mol. The Balaban J connectivity index is 1.37. The zero-order chi connectivity index (χ0) is 19.4. The third-order valence-corrected chi connectivity index (χ3v) is 6.07. The molecule has 0 radical (unpaired) electrons. The van der Waals surface area contributed by atoms with Gasteiger partial charge < -0.3 is 10.0 Å². The van der Waals surface area contributed by atoms with E-state index >= 15 is 0 Å². The van der Waals surface area contributed by atoms with Gasteiger partial charge in [-0.15, -0.1) is 0 Å². The van der Waals surface area contributed by atoms with Crippen molar-refractivity contribution in [1.29, 1.82) is 0 Å². The van der Waals surface area contributed by atoms with Crippen LogP contribution in [-0.4, -0.2) is 62.0 Å². The highest BCUT2D eigenvalue weighted by Gasteiger charge is 2.55. The molecule has 3 heterocycles. The number of anilines is 1. The molecule has 12 heteroatoms. The van der Waals surface area contributed by atoms with Crippen LogP contribution in [0.1, 0.15) is 12.8 Å². The summed E-state index contributed by atoms with van der Waals surface area (Å²) in [7, 11) is 0. The fraction of sp³-hybridized carbons (Fsp3) is 0.600. The summed E-state index contributed by atoms with van der Waals surface area (Å²) in [6, 6.07) is 1.19. The molecule has 1 aliphatic carbocycles. The quantitative estimate of drug-likeness (QED) is 0.576. The Morgan fingerprint density at radius 1 is 1.41 bits per heavy atom. The van der Waals surface area contributed by atoms with Crippen molar-refractivity contribution in [3.05, 3.63) is 24.4 Å². The highest BCUT2D eigenvalue weighted by atomic mass is 32.2. The molecule has 0 bridgehead atoms. The fourth-order valence-electron chi connectivity index (χ4n) is 4.00. The molecule has 148 valence electrons. The standard InChI is InChI=1S/C15H18F4N6OS/c16-10-1-2-24-12(10)13(21-8-22-24)23-6-14(7-23)3-9(4-14)25(27-20)5-11(26)15(17,18)19/h1-2,8-9,11,26H,3-7,20H2. The number of alkyl halides is 3. The first-order chi connectivity index (χ1) is 12.7. The molecule has 1 spiro atoms. The summed E-state index contributed by atoms with van der Waals surface area (Å²) < 4.78 is 54.5. The maximum Gasteiger partial charge on any atom is 0.415 e. The molecule has 27 heavy (non-hydrogen) atoms. The van der Waals surface area contributed by atoms with Gasteiger partial charge in [0.05, 0.1) is 0 Å². The van der Waals surface area contributed by atoms with Gasteiger partial charge in [0.15, 0.2) is 17.7 Å². The predicted molar refractivity (Wildman–Crippen MR) is 91.2 cm³/mol. The van der Waals surface area contributed by atoms with E-state index in [0.29, 0.717) is 37.3 Å². The maximum atomic E-state index is 14.0. The van der Waals surface area contributed by atoms with Crippen molar-refractivity contribution in [2.24, 2.45) is 10.6 Å². The summed E-state index contributed by atoms with van der Waals surface area (Å²) in [4.78, 5) is 6.13. The Bertz CT molecular complexity index is 831. The van der Waals surface area contributed by atoms with Gasteiger partial charge >= 0.3 is 6.18 Å². The van der Waals surface area contributed by atoms with E-state index in [1.165, 1.54) is 27.4 Å². The first kappa shape index (κ1) is 18.7. The minimum absolute atomic E-state index is 0.0349. The van der Waals surface area contributed by atoms with Gasteiger partial charge in [0.1, 0.15) is 11.8 Å². The van der Waals surface area contributed by atoms with Gasteiger partial charge in [-0.2, -0.15) is 18.3 Å². The Labute approximate surface area is 156 Å². The van der Waals surface area contributed by atoms with Crippen LogP contribution in [0.2, 0.25) is 0 Å². The Morgan fingerprint density at radius 3 is 2.74 bits per heavy atom. The fourth-order valence-corrected chi connectivity index (χ4v) is 4.55. The van der Waals surface area contributed by atoms with Crippen molar-refractivity contribution >= 4 is 23.5 Å². The zero-order valence-corrected chi connectivity index (χ0v) is 14.9. The van der Waals surface area contributed by atoms with E-state index in [9.17, 15) is 22.7 Å². The third kappa shape index (κ3) is 3.24. The summed E-state index contributed by atoms with van der Waals surface area (Å²) in [5.41, 5.74) is 0.281. The number of aromatic nitrogens is 3. The minimum Gasteiger partial charge on any atom is -0.382 e. The largest absolute Gasteiger partial charge is 0.415 e. The molecule has 1 atom stereocenters. The van der Waals surface area contributed by atoms with Crippen LogP contribution in [0.15, 0.2) is 18.6 Å². The molecule has 7 nitrogen and oxygen atoms in total. The lowest BCUT2D eigenvalue weighted by atomic mass is 9.60. The summed E-state index contributed by atoms with van der Waals surface area (Å²) in [6.07, 6.45) is -2.86. The van der Waals surface area contributed by atoms with Gasteiger partial charge in [0.25, 0.3) is 0 Å². The second kappa shape index (κ2) is 6.47. The first-order valence-electron chi connectivity index (χ1n) is 8.33. The lowest BCUT2D eigenvalue weighted by molar-refractivity contribution is -0.207. The number of hydrogen-bond acceptors (Lipinski definition) is 7. The van der Waals surface area contributed by atoms with Crippen molar-refractivity contribution < 1.29 is 22.7 Å². The predicted octanol–water partition coefficient (Wildman–Crippen LogP) is 1.58. The van der Waals surface area contributed by atoms with E-state index in [1.807, 2.05) is 4.90 Å². The second-order valence-electron chi connectivity index (χ2n) is 7.22. The zero-order valence-electron chi connectivity index (χ0n) is 14.1. The molecule has 2 aromatic heterocycles. The second-order valence-corrected chi connectivity index (χ2v) is 7.90. The van der Waals surface area contributed by atoms with Crippen LogP contribution in [0.25, 0.3) is 5.52 Å². The number of rotatable bonds is 5. The van der Waals surface area contributed by atoms with E-state index in [2.05, 4.69) is 10.1 Å². The van der Waals surface area contributed by atoms with Gasteiger partial charge in [0, 0.05) is 49.4 Å². The number of hydrogen-bond donors (Lipinski definition) is 2. The van der Waals surface area contributed by atoms with Gasteiger partial charge in [-0.3, -0.25) is 5.14 Å². The molecule has 0 amide bonds. The molecule has 1 saturated carbocycles. The van der Waals surface area contributed by atoms with Gasteiger partial charge in [0.2, 0.25) is 0 Å². The highest BCUT2D eigenvalue weighted by molar-refractivity contribution is 7.94. The lowest BCUT2D eigenvalue weighted by Crippen LogP contribution is -2.66. The van der Waals surface area contributed by atoms with Crippen LogP contribution in [0.3, 0.4) is 0 Å². The lowest BCUT2D eigenvalue weighted by Gasteiger charge is -2.61. The molecule has 1 saturated heterocycles. The highest BCUT2D eigenvalue weighted by Crippen LogP contribution is 2.52. The number of halogens is 4. The average molecular weight is 406 g/mol. The molecular formula is C15H18F4N6OS. The first-order valence-corrected chi connectivity index (χ1v) is 9.17. The van der Waals surface area contributed by atoms with Crippen LogP contribution in [0, 0.1) is 11.2 Å². The Morgan fingerprint density at radius 2 is 2.11 bits per heavy atom. The third-order valence-electron chi connectivity index (χ3n) is 5.35. The van der Waals surface area contributed by atoms with Crippen LogP contribution in [-0.2, 0) is 0 Å². The minimum atomic E-state index is -4.66. The molecule has 3 N–H and O–H groups in total. The van der Waals surface area contributed by atoms with E-state index in [4.69, 9.17) is 5.14 Å². The Kier molecular flexibility index (Phi) is 4.48.